The molecule has 1 aromatic rings. The molecule has 0 saturated carbocycles. The van der Waals surface area contributed by atoms with Crippen LogP contribution in [0.3, 0.4) is 0 Å². The number of hydrogen-bond donors (Lipinski definition) is 1. The quantitative estimate of drug-likeness (QED) is 0.671. The average Bonchev–Trinajstić information content (AvgIpc) is 2.20. The zero-order valence-electron chi connectivity index (χ0n) is 7.06. The molecule has 68 valence electrons. The van der Waals surface area contributed by atoms with Crippen molar-refractivity contribution in [1.82, 2.24) is 10.3 Å². The third-order valence-electron chi connectivity index (χ3n) is 1.96. The topological polar surface area (TPSA) is 51.2 Å². The molecule has 0 aliphatic carbocycles. The summed E-state index contributed by atoms with van der Waals surface area (Å²) in [6.07, 6.45) is 3.42. The molecule has 0 bridgehead atoms. The van der Waals surface area contributed by atoms with Gasteiger partial charge in [0.25, 0.3) is 0 Å². The van der Waals surface area contributed by atoms with Crippen molar-refractivity contribution in [3.63, 3.8) is 0 Å². The third-order valence-corrected chi connectivity index (χ3v) is 1.96. The number of morpholine rings is 1. The van der Waals surface area contributed by atoms with E-state index < -0.39 is 0 Å². The van der Waals surface area contributed by atoms with Crippen LogP contribution in [0.5, 0.6) is 0 Å². The minimum absolute atomic E-state index is 0.0496. The highest BCUT2D eigenvalue weighted by atomic mass is 16.5. The predicted octanol–water partition coefficient (Wildman–Crippen LogP) is 0.269. The van der Waals surface area contributed by atoms with Gasteiger partial charge < -0.3 is 10.1 Å². The Balaban J connectivity index is 2.07. The Hall–Kier alpha value is -1.42. The van der Waals surface area contributed by atoms with Gasteiger partial charge in [0.1, 0.15) is 12.7 Å². The zero-order chi connectivity index (χ0) is 9.10. The number of nitrogens with one attached hydrogen (secondary N) is 1. The second-order valence-corrected chi connectivity index (χ2v) is 2.89. The fraction of sp³-hybridized carbons (Fsp3) is 0.333. The SMILES string of the molecule is O=C1CO[C@@H](c2cccnc2)CN1. The van der Waals surface area contributed by atoms with E-state index in [1.54, 1.807) is 12.4 Å². The maximum Gasteiger partial charge on any atom is 0.246 e. The number of carbonyl (C=O) groups is 1. The van der Waals surface area contributed by atoms with Gasteiger partial charge in [0.05, 0.1) is 0 Å². The number of nitrogens with zero attached hydrogens (tertiary/aromatic N) is 1. The lowest BCUT2D eigenvalue weighted by molar-refractivity contribution is -0.133. The summed E-state index contributed by atoms with van der Waals surface area (Å²) in [5, 5.41) is 2.74. The molecule has 0 radical (unpaired) electrons. The molecule has 13 heavy (non-hydrogen) atoms. The summed E-state index contributed by atoms with van der Waals surface area (Å²) in [6, 6.07) is 3.80. The first kappa shape index (κ1) is 8.19. The summed E-state index contributed by atoms with van der Waals surface area (Å²) in [5.41, 5.74) is 1.00. The fourth-order valence-electron chi connectivity index (χ4n) is 1.27. The van der Waals surface area contributed by atoms with E-state index in [1.165, 1.54) is 0 Å². The Morgan fingerprint density at radius 3 is 3.15 bits per heavy atom. The zero-order valence-corrected chi connectivity index (χ0v) is 7.06. The van der Waals surface area contributed by atoms with E-state index in [-0.39, 0.29) is 18.6 Å². The van der Waals surface area contributed by atoms with Crippen LogP contribution in [-0.2, 0) is 9.53 Å². The van der Waals surface area contributed by atoms with Crippen molar-refractivity contribution in [2.45, 2.75) is 6.10 Å². The molecule has 2 heterocycles. The first-order valence-corrected chi connectivity index (χ1v) is 4.14. The van der Waals surface area contributed by atoms with Crippen LogP contribution in [0, 0.1) is 0 Å². The summed E-state index contributed by atoms with van der Waals surface area (Å²) in [7, 11) is 0. The summed E-state index contributed by atoms with van der Waals surface area (Å²) in [5.74, 6) is -0.0554. The van der Waals surface area contributed by atoms with Gasteiger partial charge in [-0.3, -0.25) is 9.78 Å². The van der Waals surface area contributed by atoms with E-state index in [9.17, 15) is 4.79 Å². The molecule has 4 nitrogen and oxygen atoms in total. The highest BCUT2D eigenvalue weighted by molar-refractivity contribution is 5.77. The largest absolute Gasteiger partial charge is 0.362 e. The van der Waals surface area contributed by atoms with Gasteiger partial charge in [0.2, 0.25) is 5.91 Å². The number of ether oxygens (including phenoxy) is 1. The van der Waals surface area contributed by atoms with Crippen molar-refractivity contribution in [2.24, 2.45) is 0 Å². The number of rotatable bonds is 1. The molecular formula is C9H10N2O2. The number of pyridine rings is 1. The van der Waals surface area contributed by atoms with Crippen molar-refractivity contribution in [2.75, 3.05) is 13.2 Å². The molecule has 1 N–H and O–H groups in total. The Labute approximate surface area is 75.9 Å². The minimum Gasteiger partial charge on any atom is -0.362 e. The Morgan fingerprint density at radius 2 is 2.54 bits per heavy atom. The fourth-order valence-corrected chi connectivity index (χ4v) is 1.27. The summed E-state index contributed by atoms with van der Waals surface area (Å²) in [4.78, 5) is 14.8. The van der Waals surface area contributed by atoms with Gasteiger partial charge in [-0.1, -0.05) is 6.07 Å². The average molecular weight is 178 g/mol. The number of aromatic nitrogens is 1. The first-order valence-electron chi connectivity index (χ1n) is 4.14. The Morgan fingerprint density at radius 1 is 1.62 bits per heavy atom. The van der Waals surface area contributed by atoms with Gasteiger partial charge in [-0.15, -0.1) is 0 Å². The lowest BCUT2D eigenvalue weighted by atomic mass is 10.1. The van der Waals surface area contributed by atoms with Crippen LogP contribution in [0.1, 0.15) is 11.7 Å². The normalized spacial score (nSPS) is 22.5. The summed E-state index contributed by atoms with van der Waals surface area (Å²) in [6.45, 7) is 0.671. The van der Waals surface area contributed by atoms with Crippen LogP contribution < -0.4 is 5.32 Å². The van der Waals surface area contributed by atoms with Crippen molar-refractivity contribution in [3.05, 3.63) is 30.1 Å². The van der Waals surface area contributed by atoms with Crippen LogP contribution in [0.2, 0.25) is 0 Å². The van der Waals surface area contributed by atoms with Crippen LogP contribution >= 0.6 is 0 Å². The molecule has 1 atom stereocenters. The Kier molecular flexibility index (Phi) is 2.23. The molecule has 1 saturated heterocycles. The molecular weight excluding hydrogens is 168 g/mol. The second kappa shape index (κ2) is 3.53. The van der Waals surface area contributed by atoms with Gasteiger partial charge in [-0.25, -0.2) is 0 Å². The van der Waals surface area contributed by atoms with Crippen LogP contribution in [0.25, 0.3) is 0 Å². The van der Waals surface area contributed by atoms with Crippen LogP contribution in [-0.4, -0.2) is 24.0 Å². The van der Waals surface area contributed by atoms with E-state index in [1.807, 2.05) is 12.1 Å². The van der Waals surface area contributed by atoms with E-state index in [4.69, 9.17) is 4.74 Å². The minimum atomic E-state index is -0.0554. The molecule has 0 unspecified atom stereocenters. The number of hydrogen-bond acceptors (Lipinski definition) is 3. The van der Waals surface area contributed by atoms with E-state index >= 15 is 0 Å². The molecule has 1 aliphatic rings. The molecule has 2 rings (SSSR count). The molecule has 0 spiro atoms. The summed E-state index contributed by atoms with van der Waals surface area (Å²) >= 11 is 0. The van der Waals surface area contributed by atoms with Crippen molar-refractivity contribution in [3.8, 4) is 0 Å². The first-order chi connectivity index (χ1) is 6.36. The van der Waals surface area contributed by atoms with Gasteiger partial charge >= 0.3 is 0 Å². The molecule has 1 aliphatic heterocycles. The van der Waals surface area contributed by atoms with Crippen molar-refractivity contribution >= 4 is 5.91 Å². The molecule has 4 heteroatoms. The molecule has 0 aromatic carbocycles. The molecule has 1 aromatic heterocycles. The van der Waals surface area contributed by atoms with Gasteiger partial charge in [0.15, 0.2) is 0 Å². The Bertz CT molecular complexity index is 290. The third kappa shape index (κ3) is 1.84. The highest BCUT2D eigenvalue weighted by Crippen LogP contribution is 2.16. The van der Waals surface area contributed by atoms with E-state index in [0.29, 0.717) is 6.54 Å². The van der Waals surface area contributed by atoms with Gasteiger partial charge in [0, 0.05) is 24.5 Å². The van der Waals surface area contributed by atoms with Gasteiger partial charge in [-0.2, -0.15) is 0 Å². The van der Waals surface area contributed by atoms with E-state index in [0.717, 1.165) is 5.56 Å². The van der Waals surface area contributed by atoms with Crippen LogP contribution in [0.15, 0.2) is 24.5 Å². The summed E-state index contributed by atoms with van der Waals surface area (Å²) < 4.78 is 5.32. The smallest absolute Gasteiger partial charge is 0.246 e. The predicted molar refractivity (Wildman–Crippen MR) is 45.9 cm³/mol. The number of carbonyl (C=O) groups excluding carboxylic acids is 1. The standard InChI is InChI=1S/C9H10N2O2/c12-9-6-13-8(5-11-9)7-2-1-3-10-4-7/h1-4,8H,5-6H2,(H,11,12)/t8-/m1/s1. The lowest BCUT2D eigenvalue weighted by Crippen LogP contribution is -2.38. The van der Waals surface area contributed by atoms with Crippen molar-refractivity contribution < 1.29 is 9.53 Å². The lowest BCUT2D eigenvalue weighted by Gasteiger charge is -2.22. The van der Waals surface area contributed by atoms with Crippen LogP contribution in [0.4, 0.5) is 0 Å². The maximum absolute atomic E-state index is 10.8. The van der Waals surface area contributed by atoms with Crippen molar-refractivity contribution in [1.29, 1.82) is 0 Å². The molecule has 1 amide bonds. The molecule has 1 fully saturated rings. The highest BCUT2D eigenvalue weighted by Gasteiger charge is 2.19. The number of amides is 1. The maximum atomic E-state index is 10.8. The monoisotopic (exact) mass is 178 g/mol. The second-order valence-electron chi connectivity index (χ2n) is 2.89. The van der Waals surface area contributed by atoms with E-state index in [2.05, 4.69) is 10.3 Å². The van der Waals surface area contributed by atoms with Gasteiger partial charge in [-0.05, 0) is 6.07 Å².